The van der Waals surface area contributed by atoms with Gasteiger partial charge in [-0.2, -0.15) is 0 Å². The minimum atomic E-state index is -3.73. The van der Waals surface area contributed by atoms with E-state index in [9.17, 15) is 16.8 Å². The lowest BCUT2D eigenvalue weighted by Gasteiger charge is -2.25. The molecule has 0 radical (unpaired) electrons. The Morgan fingerprint density at radius 1 is 0.600 bits per heavy atom. The van der Waals surface area contributed by atoms with Gasteiger partial charge in [0.25, 0.3) is 0 Å². The Labute approximate surface area is 123 Å². The molecule has 0 atom stereocenters. The van der Waals surface area contributed by atoms with Crippen molar-refractivity contribution in [2.45, 2.75) is 82.1 Å². The molecule has 0 aromatic rings. The van der Waals surface area contributed by atoms with Gasteiger partial charge in [-0.15, -0.1) is 4.13 Å². The topological polar surface area (TPSA) is 80.3 Å². The lowest BCUT2D eigenvalue weighted by Crippen LogP contribution is -2.44. The predicted molar refractivity (Wildman–Crippen MR) is 81.5 cm³/mol. The Morgan fingerprint density at radius 2 is 0.900 bits per heavy atom. The Kier molecular flexibility index (Phi) is 6.47. The zero-order valence-electron chi connectivity index (χ0n) is 11.2. The van der Waals surface area contributed by atoms with Crippen LogP contribution in [0.1, 0.15) is 71.6 Å². The SMILES string of the molecule is C.O=S(=O)(NS(=O)(=O)C1CCCCC1)C1CCCCC1. The van der Waals surface area contributed by atoms with Crippen molar-refractivity contribution in [1.29, 1.82) is 0 Å². The van der Waals surface area contributed by atoms with Crippen molar-refractivity contribution in [3.8, 4) is 0 Å². The van der Waals surface area contributed by atoms with Crippen molar-refractivity contribution < 1.29 is 16.8 Å². The summed E-state index contributed by atoms with van der Waals surface area (Å²) in [7, 11) is -7.46. The fourth-order valence-electron chi connectivity index (χ4n) is 3.05. The van der Waals surface area contributed by atoms with E-state index in [1.165, 1.54) is 0 Å². The maximum atomic E-state index is 12.2. The van der Waals surface area contributed by atoms with Crippen LogP contribution in [0.2, 0.25) is 0 Å². The van der Waals surface area contributed by atoms with Gasteiger partial charge in [-0.3, -0.25) is 0 Å². The van der Waals surface area contributed by atoms with Crippen LogP contribution >= 0.6 is 0 Å². The van der Waals surface area contributed by atoms with E-state index in [1.54, 1.807) is 0 Å². The number of hydrogen-bond acceptors (Lipinski definition) is 4. The largest absolute Gasteiger partial charge is 0.227 e. The normalized spacial score (nSPS) is 23.2. The standard InChI is InChI=1S/C12H23NO4S2.CH4/c14-18(15,11-7-3-1-4-8-11)13-19(16,17)12-9-5-2-6-10-12;/h11-13H,1-10H2;1H4. The van der Waals surface area contributed by atoms with E-state index < -0.39 is 30.5 Å². The zero-order chi connectivity index (χ0) is 13.9. The van der Waals surface area contributed by atoms with Crippen molar-refractivity contribution in [2.75, 3.05) is 0 Å². The maximum absolute atomic E-state index is 12.2. The van der Waals surface area contributed by atoms with E-state index in [-0.39, 0.29) is 7.43 Å². The van der Waals surface area contributed by atoms with Crippen LogP contribution in [-0.2, 0) is 20.0 Å². The van der Waals surface area contributed by atoms with Gasteiger partial charge < -0.3 is 0 Å². The van der Waals surface area contributed by atoms with Gasteiger partial charge >= 0.3 is 0 Å². The monoisotopic (exact) mass is 325 g/mol. The molecule has 0 saturated heterocycles. The van der Waals surface area contributed by atoms with Crippen LogP contribution < -0.4 is 4.13 Å². The number of nitrogens with one attached hydrogen (secondary N) is 1. The maximum Gasteiger partial charge on any atom is 0.227 e. The smallest absolute Gasteiger partial charge is 0.211 e. The first-order valence-corrected chi connectivity index (χ1v) is 10.3. The Bertz CT molecular complexity index is 440. The summed E-state index contributed by atoms with van der Waals surface area (Å²) in [6.07, 6.45) is 7.88. The number of sulfonamides is 2. The van der Waals surface area contributed by atoms with Crippen LogP contribution in [0.4, 0.5) is 0 Å². The first kappa shape index (κ1) is 17.9. The number of hydrogen-bond donors (Lipinski definition) is 1. The van der Waals surface area contributed by atoms with Gasteiger partial charge in [0.1, 0.15) is 0 Å². The summed E-state index contributed by atoms with van der Waals surface area (Å²) < 4.78 is 50.6. The van der Waals surface area contributed by atoms with E-state index in [0.29, 0.717) is 25.7 Å². The molecule has 0 amide bonds. The lowest BCUT2D eigenvalue weighted by atomic mass is 10.0. The molecule has 2 saturated carbocycles. The van der Waals surface area contributed by atoms with Gasteiger partial charge in [0.2, 0.25) is 20.0 Å². The molecule has 120 valence electrons. The van der Waals surface area contributed by atoms with Crippen LogP contribution in [0, 0.1) is 0 Å². The lowest BCUT2D eigenvalue weighted by molar-refractivity contribution is 0.472. The van der Waals surface area contributed by atoms with Crippen LogP contribution in [0.25, 0.3) is 0 Å². The highest BCUT2D eigenvalue weighted by atomic mass is 32.3. The van der Waals surface area contributed by atoms with E-state index >= 15 is 0 Å². The third-order valence-corrected chi connectivity index (χ3v) is 8.77. The molecule has 2 aliphatic rings. The predicted octanol–water partition coefficient (Wildman–Crippen LogP) is 2.54. The minimum Gasteiger partial charge on any atom is -0.211 e. The fourth-order valence-corrected chi connectivity index (χ4v) is 7.34. The third-order valence-electron chi connectivity index (χ3n) is 4.21. The van der Waals surface area contributed by atoms with Crippen molar-refractivity contribution in [3.63, 3.8) is 0 Å². The molecule has 0 aromatic heterocycles. The Hall–Kier alpha value is -0.140. The highest BCUT2D eigenvalue weighted by Gasteiger charge is 2.35. The van der Waals surface area contributed by atoms with E-state index in [2.05, 4.69) is 0 Å². The van der Waals surface area contributed by atoms with Gasteiger partial charge in [0.15, 0.2) is 0 Å². The molecule has 0 heterocycles. The Morgan fingerprint density at radius 3 is 1.20 bits per heavy atom. The van der Waals surface area contributed by atoms with Gasteiger partial charge in [-0.1, -0.05) is 46.0 Å². The van der Waals surface area contributed by atoms with E-state index in [0.717, 1.165) is 38.5 Å². The first-order valence-electron chi connectivity index (χ1n) is 7.18. The fraction of sp³-hybridized carbons (Fsp3) is 1.00. The molecule has 2 fully saturated rings. The highest BCUT2D eigenvalue weighted by Crippen LogP contribution is 2.26. The summed E-state index contributed by atoms with van der Waals surface area (Å²) in [6.45, 7) is 0. The molecule has 2 rings (SSSR count). The van der Waals surface area contributed by atoms with Gasteiger partial charge in [0, 0.05) is 0 Å². The molecule has 0 aliphatic heterocycles. The molecule has 2 aliphatic carbocycles. The van der Waals surface area contributed by atoms with Crippen LogP contribution in [0.5, 0.6) is 0 Å². The van der Waals surface area contributed by atoms with Crippen molar-refractivity contribution in [2.24, 2.45) is 0 Å². The summed E-state index contributed by atoms with van der Waals surface area (Å²) in [5, 5.41) is -1.06. The van der Waals surface area contributed by atoms with Crippen molar-refractivity contribution in [3.05, 3.63) is 0 Å². The van der Waals surface area contributed by atoms with Crippen LogP contribution in [0.3, 0.4) is 0 Å². The summed E-state index contributed by atoms with van der Waals surface area (Å²) in [4.78, 5) is 0. The van der Waals surface area contributed by atoms with Crippen molar-refractivity contribution >= 4 is 20.0 Å². The van der Waals surface area contributed by atoms with Crippen LogP contribution in [0.15, 0.2) is 0 Å². The average Bonchev–Trinajstić information content (AvgIpc) is 2.40. The minimum absolute atomic E-state index is 0. The molecule has 0 unspecified atom stereocenters. The summed E-state index contributed by atoms with van der Waals surface area (Å²) >= 11 is 0. The van der Waals surface area contributed by atoms with E-state index in [1.807, 2.05) is 4.13 Å². The van der Waals surface area contributed by atoms with Gasteiger partial charge in [-0.05, 0) is 25.7 Å². The molecule has 0 spiro atoms. The molecule has 0 aromatic carbocycles. The summed E-state index contributed by atoms with van der Waals surface area (Å²) in [6, 6.07) is 0. The average molecular weight is 325 g/mol. The van der Waals surface area contributed by atoms with Crippen LogP contribution in [-0.4, -0.2) is 27.3 Å². The molecule has 1 N–H and O–H groups in total. The first-order chi connectivity index (χ1) is 8.92. The second-order valence-electron chi connectivity index (χ2n) is 5.69. The highest BCUT2D eigenvalue weighted by molar-refractivity contribution is 8.05. The molecular formula is C13H27NO4S2. The summed E-state index contributed by atoms with van der Waals surface area (Å²) in [5.41, 5.74) is 0. The van der Waals surface area contributed by atoms with E-state index in [4.69, 9.17) is 0 Å². The van der Waals surface area contributed by atoms with Gasteiger partial charge in [0.05, 0.1) is 10.5 Å². The van der Waals surface area contributed by atoms with Crippen molar-refractivity contribution in [1.82, 2.24) is 4.13 Å². The number of rotatable bonds is 4. The second kappa shape index (κ2) is 7.22. The molecule has 7 heteroatoms. The molecule has 0 bridgehead atoms. The van der Waals surface area contributed by atoms with Gasteiger partial charge in [-0.25, -0.2) is 16.8 Å². The molecule has 5 nitrogen and oxygen atoms in total. The molecular weight excluding hydrogens is 298 g/mol. The second-order valence-corrected chi connectivity index (χ2v) is 9.87. The Balaban J connectivity index is 0.00000200. The quantitative estimate of drug-likeness (QED) is 0.861. The molecule has 20 heavy (non-hydrogen) atoms. The zero-order valence-corrected chi connectivity index (χ0v) is 12.8. The third kappa shape index (κ3) is 4.43. The summed E-state index contributed by atoms with van der Waals surface area (Å²) in [5.74, 6) is 0.